The van der Waals surface area contributed by atoms with Crippen molar-refractivity contribution in [2.75, 3.05) is 11.9 Å². The molecule has 2 aromatic rings. The number of nitrogens with zero attached hydrogens (tertiary/aromatic N) is 3. The van der Waals surface area contributed by atoms with Crippen LogP contribution >= 0.6 is 0 Å². The van der Waals surface area contributed by atoms with Crippen LogP contribution in [0.5, 0.6) is 0 Å². The van der Waals surface area contributed by atoms with Crippen LogP contribution in [0, 0.1) is 10.1 Å². The largest absolute Gasteiger partial charge is 0.379 e. The zero-order valence-electron chi connectivity index (χ0n) is 15.0. The van der Waals surface area contributed by atoms with E-state index in [1.165, 1.54) is 38.5 Å². The van der Waals surface area contributed by atoms with Crippen LogP contribution in [0.1, 0.15) is 58.3 Å². The highest BCUT2D eigenvalue weighted by molar-refractivity contribution is 5.65. The first kappa shape index (κ1) is 19.0. The molecule has 0 aliphatic heterocycles. The third kappa shape index (κ3) is 6.21. The molecular formula is C19H28N4O2. The molecule has 0 atom stereocenters. The van der Waals surface area contributed by atoms with Crippen molar-refractivity contribution in [3.63, 3.8) is 0 Å². The predicted octanol–water partition coefficient (Wildman–Crippen LogP) is 5.33. The summed E-state index contributed by atoms with van der Waals surface area (Å²) in [7, 11) is 0. The van der Waals surface area contributed by atoms with Gasteiger partial charge in [-0.2, -0.15) is 0 Å². The molecule has 1 heterocycles. The van der Waals surface area contributed by atoms with E-state index in [1.807, 2.05) is 16.8 Å². The van der Waals surface area contributed by atoms with Crippen LogP contribution in [-0.2, 0) is 0 Å². The maximum Gasteiger partial charge on any atom is 0.292 e. The molecule has 0 amide bonds. The van der Waals surface area contributed by atoms with Gasteiger partial charge in [0.25, 0.3) is 5.69 Å². The topological polar surface area (TPSA) is 73.0 Å². The van der Waals surface area contributed by atoms with Gasteiger partial charge in [0.1, 0.15) is 5.69 Å². The highest BCUT2D eigenvalue weighted by Crippen LogP contribution is 2.27. The number of hydrogen-bond donors (Lipinski definition) is 1. The molecule has 6 heteroatoms. The van der Waals surface area contributed by atoms with Crippen LogP contribution < -0.4 is 5.32 Å². The highest BCUT2D eigenvalue weighted by Gasteiger charge is 2.14. The first-order valence-corrected chi connectivity index (χ1v) is 9.23. The molecule has 0 saturated carbocycles. The third-order valence-electron chi connectivity index (χ3n) is 4.33. The Morgan fingerprint density at radius 2 is 1.84 bits per heavy atom. The lowest BCUT2D eigenvalue weighted by molar-refractivity contribution is -0.384. The number of imidazole rings is 1. The van der Waals surface area contributed by atoms with Crippen molar-refractivity contribution in [2.45, 2.75) is 58.3 Å². The SMILES string of the molecule is CCCCCCCCCCNc1cc(-n2ccnc2)ccc1[N+](=O)[O-]. The van der Waals surface area contributed by atoms with Crippen molar-refractivity contribution < 1.29 is 4.92 Å². The molecule has 0 fully saturated rings. The lowest BCUT2D eigenvalue weighted by Crippen LogP contribution is -2.05. The van der Waals surface area contributed by atoms with E-state index in [1.54, 1.807) is 24.7 Å². The molecule has 0 radical (unpaired) electrons. The Kier molecular flexibility index (Phi) is 7.95. The van der Waals surface area contributed by atoms with E-state index in [0.717, 1.165) is 25.1 Å². The van der Waals surface area contributed by atoms with Gasteiger partial charge in [0.15, 0.2) is 0 Å². The fourth-order valence-electron chi connectivity index (χ4n) is 2.88. The van der Waals surface area contributed by atoms with Gasteiger partial charge in [-0.15, -0.1) is 0 Å². The smallest absolute Gasteiger partial charge is 0.292 e. The second-order valence-electron chi connectivity index (χ2n) is 6.33. The van der Waals surface area contributed by atoms with Gasteiger partial charge in [0.2, 0.25) is 0 Å². The molecule has 0 aliphatic rings. The lowest BCUT2D eigenvalue weighted by atomic mass is 10.1. The fraction of sp³-hybridized carbons (Fsp3) is 0.526. The Morgan fingerprint density at radius 3 is 2.48 bits per heavy atom. The minimum absolute atomic E-state index is 0.114. The maximum absolute atomic E-state index is 11.2. The van der Waals surface area contributed by atoms with E-state index < -0.39 is 0 Å². The van der Waals surface area contributed by atoms with E-state index in [9.17, 15) is 10.1 Å². The maximum atomic E-state index is 11.2. The summed E-state index contributed by atoms with van der Waals surface area (Å²) in [4.78, 5) is 14.9. The monoisotopic (exact) mass is 344 g/mol. The predicted molar refractivity (Wildman–Crippen MR) is 101 cm³/mol. The lowest BCUT2D eigenvalue weighted by Gasteiger charge is -2.10. The van der Waals surface area contributed by atoms with Crippen LogP contribution in [-0.4, -0.2) is 21.0 Å². The van der Waals surface area contributed by atoms with E-state index in [4.69, 9.17) is 0 Å². The van der Waals surface area contributed by atoms with E-state index in [-0.39, 0.29) is 10.6 Å². The molecule has 1 aromatic carbocycles. The zero-order chi connectivity index (χ0) is 17.9. The van der Waals surface area contributed by atoms with Crippen LogP contribution in [0.2, 0.25) is 0 Å². The summed E-state index contributed by atoms with van der Waals surface area (Å²) in [6.07, 6.45) is 15.2. The number of nitro benzene ring substituents is 1. The molecule has 0 unspecified atom stereocenters. The molecule has 2 rings (SSSR count). The fourth-order valence-corrected chi connectivity index (χ4v) is 2.88. The van der Waals surface area contributed by atoms with Gasteiger partial charge in [-0.1, -0.05) is 51.9 Å². The van der Waals surface area contributed by atoms with E-state index in [0.29, 0.717) is 5.69 Å². The number of aromatic nitrogens is 2. The third-order valence-corrected chi connectivity index (χ3v) is 4.33. The van der Waals surface area contributed by atoms with E-state index >= 15 is 0 Å². The van der Waals surface area contributed by atoms with Crippen LogP contribution in [0.3, 0.4) is 0 Å². The van der Waals surface area contributed by atoms with E-state index in [2.05, 4.69) is 17.2 Å². The molecule has 1 N–H and O–H groups in total. The van der Waals surface area contributed by atoms with Gasteiger partial charge in [-0.25, -0.2) is 4.98 Å². The summed E-state index contributed by atoms with van der Waals surface area (Å²) in [5.41, 5.74) is 1.55. The van der Waals surface area contributed by atoms with Crippen LogP contribution in [0.15, 0.2) is 36.9 Å². The Balaban J connectivity index is 1.81. The van der Waals surface area contributed by atoms with Gasteiger partial charge in [-0.3, -0.25) is 10.1 Å². The summed E-state index contributed by atoms with van der Waals surface area (Å²) in [5.74, 6) is 0. The van der Waals surface area contributed by atoms with Gasteiger partial charge < -0.3 is 9.88 Å². The number of unbranched alkanes of at least 4 members (excludes halogenated alkanes) is 7. The molecule has 0 aliphatic carbocycles. The summed E-state index contributed by atoms with van der Waals surface area (Å²) < 4.78 is 1.84. The Bertz CT molecular complexity index is 641. The average Bonchev–Trinajstić information content (AvgIpc) is 3.14. The number of benzene rings is 1. The molecule has 25 heavy (non-hydrogen) atoms. The van der Waals surface area contributed by atoms with Crippen LogP contribution in [0.4, 0.5) is 11.4 Å². The molecule has 6 nitrogen and oxygen atoms in total. The minimum Gasteiger partial charge on any atom is -0.379 e. The first-order valence-electron chi connectivity index (χ1n) is 9.23. The van der Waals surface area contributed by atoms with Crippen molar-refractivity contribution in [1.82, 2.24) is 9.55 Å². The Hall–Kier alpha value is -2.37. The standard InChI is InChI=1S/C19H28N4O2/c1-2-3-4-5-6-7-8-9-12-21-18-15-17(22-14-13-20-16-22)10-11-19(18)23(24)25/h10-11,13-16,21H,2-9,12H2,1H3. The number of nitro groups is 1. The Labute approximate surface area is 149 Å². The summed E-state index contributed by atoms with van der Waals surface area (Å²) in [6, 6.07) is 5.09. The molecule has 136 valence electrons. The summed E-state index contributed by atoms with van der Waals surface area (Å²) in [6.45, 7) is 2.98. The second kappa shape index (κ2) is 10.5. The number of hydrogen-bond acceptors (Lipinski definition) is 4. The summed E-state index contributed by atoms with van der Waals surface area (Å²) >= 11 is 0. The number of nitrogens with one attached hydrogen (secondary N) is 1. The van der Waals surface area contributed by atoms with Crippen molar-refractivity contribution in [3.8, 4) is 5.69 Å². The quantitative estimate of drug-likeness (QED) is 0.321. The molecule has 0 saturated heterocycles. The highest BCUT2D eigenvalue weighted by atomic mass is 16.6. The van der Waals surface area contributed by atoms with Gasteiger partial charge in [0, 0.05) is 30.7 Å². The molecule has 1 aromatic heterocycles. The van der Waals surface area contributed by atoms with Crippen molar-refractivity contribution >= 4 is 11.4 Å². The zero-order valence-corrected chi connectivity index (χ0v) is 15.0. The van der Waals surface area contributed by atoms with Gasteiger partial charge in [0.05, 0.1) is 11.3 Å². The average molecular weight is 344 g/mol. The molecular weight excluding hydrogens is 316 g/mol. The number of rotatable bonds is 12. The van der Waals surface area contributed by atoms with Gasteiger partial charge >= 0.3 is 0 Å². The summed E-state index contributed by atoms with van der Waals surface area (Å²) in [5, 5.41) is 14.5. The second-order valence-corrected chi connectivity index (χ2v) is 6.33. The first-order chi connectivity index (χ1) is 12.2. The van der Waals surface area contributed by atoms with Crippen LogP contribution in [0.25, 0.3) is 5.69 Å². The minimum atomic E-state index is -0.340. The number of anilines is 1. The van der Waals surface area contributed by atoms with Gasteiger partial charge in [-0.05, 0) is 18.6 Å². The molecule has 0 bridgehead atoms. The molecule has 0 spiro atoms. The van der Waals surface area contributed by atoms with Crippen molar-refractivity contribution in [2.24, 2.45) is 0 Å². The van der Waals surface area contributed by atoms with Crippen molar-refractivity contribution in [3.05, 3.63) is 47.0 Å². The normalized spacial score (nSPS) is 10.8. The van der Waals surface area contributed by atoms with Crippen molar-refractivity contribution in [1.29, 1.82) is 0 Å². The Morgan fingerprint density at radius 1 is 1.12 bits per heavy atom.